The first-order valence-corrected chi connectivity index (χ1v) is 8.51. The molecule has 0 aliphatic carbocycles. The third-order valence-corrected chi connectivity index (χ3v) is 5.05. The van der Waals surface area contributed by atoms with Crippen LogP contribution in [0.15, 0.2) is 30.3 Å². The Morgan fingerprint density at radius 2 is 2.05 bits per heavy atom. The summed E-state index contributed by atoms with van der Waals surface area (Å²) in [5, 5.41) is 7.14. The van der Waals surface area contributed by atoms with E-state index in [9.17, 15) is 4.79 Å². The van der Waals surface area contributed by atoms with Crippen molar-refractivity contribution in [1.29, 1.82) is 0 Å². The van der Waals surface area contributed by atoms with Gasteiger partial charge in [-0.3, -0.25) is 4.79 Å². The average Bonchev–Trinajstić information content (AvgIpc) is 2.52. The van der Waals surface area contributed by atoms with Gasteiger partial charge in [0.25, 0.3) is 0 Å². The number of amides is 1. The van der Waals surface area contributed by atoms with E-state index in [-0.39, 0.29) is 11.9 Å². The predicted molar refractivity (Wildman–Crippen MR) is 86.0 cm³/mol. The molecule has 0 saturated carbocycles. The molecule has 1 atom stereocenters. The first-order valence-electron chi connectivity index (χ1n) is 7.46. The smallest absolute Gasteiger partial charge is 0.230 e. The lowest BCUT2D eigenvalue weighted by atomic mass is 10.0. The number of hydrogen-bond donors (Lipinski definition) is 2. The molecule has 2 N–H and O–H groups in total. The summed E-state index contributed by atoms with van der Waals surface area (Å²) in [6, 6.07) is 10.3. The van der Waals surface area contributed by atoms with Crippen LogP contribution in [0.5, 0.6) is 0 Å². The lowest BCUT2D eigenvalue weighted by Gasteiger charge is -2.22. The summed E-state index contributed by atoms with van der Waals surface area (Å²) in [5.74, 6) is 0.734. The molecule has 3 nitrogen and oxygen atoms in total. The first-order chi connectivity index (χ1) is 9.79. The van der Waals surface area contributed by atoms with Gasteiger partial charge in [-0.1, -0.05) is 37.3 Å². The number of nitrogens with one attached hydrogen (secondary N) is 2. The van der Waals surface area contributed by atoms with Crippen LogP contribution >= 0.6 is 11.8 Å². The van der Waals surface area contributed by atoms with E-state index in [1.807, 2.05) is 18.2 Å². The van der Waals surface area contributed by atoms with Gasteiger partial charge in [0.2, 0.25) is 5.91 Å². The molecule has 1 aromatic carbocycles. The third-order valence-electron chi connectivity index (χ3n) is 3.68. The van der Waals surface area contributed by atoms with Crippen LogP contribution in [-0.2, 0) is 4.79 Å². The highest BCUT2D eigenvalue weighted by atomic mass is 32.2. The fourth-order valence-electron chi connectivity index (χ4n) is 2.50. The Morgan fingerprint density at radius 1 is 1.35 bits per heavy atom. The third kappa shape index (κ3) is 4.84. The summed E-state index contributed by atoms with van der Waals surface area (Å²) < 4.78 is 0. The van der Waals surface area contributed by atoms with Gasteiger partial charge in [0.1, 0.15) is 0 Å². The quantitative estimate of drug-likeness (QED) is 0.847. The summed E-state index contributed by atoms with van der Waals surface area (Å²) in [4.78, 5) is 12.1. The Morgan fingerprint density at radius 3 is 2.70 bits per heavy atom. The molecule has 1 aliphatic rings. The zero-order valence-corrected chi connectivity index (χ0v) is 12.9. The second-order valence-corrected chi connectivity index (χ2v) is 6.49. The largest absolute Gasteiger partial charge is 0.349 e. The van der Waals surface area contributed by atoms with Crippen LogP contribution in [0.25, 0.3) is 0 Å². The summed E-state index contributed by atoms with van der Waals surface area (Å²) in [6.45, 7) is 4.28. The van der Waals surface area contributed by atoms with Crippen molar-refractivity contribution < 1.29 is 4.79 Å². The molecule has 1 saturated heterocycles. The molecule has 0 spiro atoms. The molecule has 0 aromatic heterocycles. The number of carbonyl (C=O) groups excluding carboxylic acids is 1. The van der Waals surface area contributed by atoms with Crippen LogP contribution in [0.1, 0.15) is 37.8 Å². The number of carbonyl (C=O) groups is 1. The lowest BCUT2D eigenvalue weighted by Crippen LogP contribution is -2.32. The minimum atomic E-state index is 0.136. The molecule has 0 bridgehead atoms. The normalized spacial score (nSPS) is 17.6. The van der Waals surface area contributed by atoms with Crippen LogP contribution in [0.3, 0.4) is 0 Å². The van der Waals surface area contributed by atoms with Crippen molar-refractivity contribution >= 4 is 17.7 Å². The molecule has 0 radical (unpaired) electrons. The van der Waals surface area contributed by atoms with Gasteiger partial charge in [-0.05, 0) is 37.9 Å². The highest BCUT2D eigenvalue weighted by molar-refractivity contribution is 8.00. The minimum Gasteiger partial charge on any atom is -0.349 e. The van der Waals surface area contributed by atoms with Crippen molar-refractivity contribution in [3.8, 4) is 0 Å². The second-order valence-electron chi connectivity index (χ2n) is 5.20. The summed E-state index contributed by atoms with van der Waals surface area (Å²) in [5.41, 5.74) is 1.19. The highest BCUT2D eigenvalue weighted by Crippen LogP contribution is 2.21. The number of thioether (sulfide) groups is 1. The number of benzene rings is 1. The van der Waals surface area contributed by atoms with Gasteiger partial charge in [0, 0.05) is 5.25 Å². The van der Waals surface area contributed by atoms with Crippen LogP contribution in [0.4, 0.5) is 0 Å². The van der Waals surface area contributed by atoms with Gasteiger partial charge in [-0.2, -0.15) is 0 Å². The topological polar surface area (TPSA) is 41.1 Å². The molecule has 2 rings (SSSR count). The van der Waals surface area contributed by atoms with E-state index in [1.54, 1.807) is 11.8 Å². The number of piperidine rings is 1. The van der Waals surface area contributed by atoms with Crippen molar-refractivity contribution in [2.24, 2.45) is 0 Å². The maximum atomic E-state index is 12.1. The summed E-state index contributed by atoms with van der Waals surface area (Å²) >= 11 is 1.80. The van der Waals surface area contributed by atoms with Gasteiger partial charge in [0.05, 0.1) is 11.8 Å². The fraction of sp³-hybridized carbons (Fsp3) is 0.562. The van der Waals surface area contributed by atoms with Crippen molar-refractivity contribution in [1.82, 2.24) is 10.6 Å². The van der Waals surface area contributed by atoms with E-state index in [4.69, 9.17) is 0 Å². The second kappa shape index (κ2) is 8.32. The maximum absolute atomic E-state index is 12.1. The van der Waals surface area contributed by atoms with Gasteiger partial charge in [-0.25, -0.2) is 0 Å². The molecule has 4 heteroatoms. The monoisotopic (exact) mass is 292 g/mol. The standard InChI is InChI=1S/C16H24N2OS/c1-2-15(13-6-4-3-5-7-13)18-16(19)12-20-14-8-10-17-11-9-14/h3-7,14-15,17H,2,8-12H2,1H3,(H,18,19). The predicted octanol–water partition coefficient (Wildman–Crippen LogP) is 2.74. The Hall–Kier alpha value is -1.00. The molecule has 1 fully saturated rings. The molecular weight excluding hydrogens is 268 g/mol. The van der Waals surface area contributed by atoms with Crippen molar-refractivity contribution in [2.75, 3.05) is 18.8 Å². The van der Waals surface area contributed by atoms with E-state index in [2.05, 4.69) is 29.7 Å². The number of rotatable bonds is 6. The maximum Gasteiger partial charge on any atom is 0.230 e. The van der Waals surface area contributed by atoms with Gasteiger partial charge in [-0.15, -0.1) is 11.8 Å². The fourth-order valence-corrected chi connectivity index (χ4v) is 3.54. The Kier molecular flexibility index (Phi) is 6.40. The van der Waals surface area contributed by atoms with E-state index >= 15 is 0 Å². The Balaban J connectivity index is 1.77. The highest BCUT2D eigenvalue weighted by Gasteiger charge is 2.17. The summed E-state index contributed by atoms with van der Waals surface area (Å²) in [6.07, 6.45) is 3.27. The van der Waals surface area contributed by atoms with E-state index in [0.29, 0.717) is 11.0 Å². The minimum absolute atomic E-state index is 0.136. The van der Waals surface area contributed by atoms with Crippen LogP contribution in [0.2, 0.25) is 0 Å². The van der Waals surface area contributed by atoms with Gasteiger partial charge in [0.15, 0.2) is 0 Å². The molecule has 1 heterocycles. The lowest BCUT2D eigenvalue weighted by molar-refractivity contribution is -0.119. The summed E-state index contributed by atoms with van der Waals surface area (Å²) in [7, 11) is 0. The molecular formula is C16H24N2OS. The molecule has 1 aliphatic heterocycles. The van der Waals surface area contributed by atoms with E-state index in [1.165, 1.54) is 18.4 Å². The molecule has 20 heavy (non-hydrogen) atoms. The Bertz CT molecular complexity index is 404. The van der Waals surface area contributed by atoms with Crippen molar-refractivity contribution in [3.05, 3.63) is 35.9 Å². The SMILES string of the molecule is CCC(NC(=O)CSC1CCNCC1)c1ccccc1. The van der Waals surface area contributed by atoms with Crippen molar-refractivity contribution in [3.63, 3.8) is 0 Å². The van der Waals surface area contributed by atoms with Crippen LogP contribution < -0.4 is 10.6 Å². The molecule has 1 unspecified atom stereocenters. The van der Waals surface area contributed by atoms with Gasteiger partial charge < -0.3 is 10.6 Å². The molecule has 1 amide bonds. The first kappa shape index (κ1) is 15.4. The van der Waals surface area contributed by atoms with E-state index < -0.39 is 0 Å². The zero-order chi connectivity index (χ0) is 14.2. The zero-order valence-electron chi connectivity index (χ0n) is 12.1. The molecule has 1 aromatic rings. The van der Waals surface area contributed by atoms with Crippen LogP contribution in [-0.4, -0.2) is 30.0 Å². The number of hydrogen-bond acceptors (Lipinski definition) is 3. The van der Waals surface area contributed by atoms with Crippen molar-refractivity contribution in [2.45, 2.75) is 37.5 Å². The molecule has 110 valence electrons. The Labute approximate surface area is 125 Å². The van der Waals surface area contributed by atoms with Gasteiger partial charge >= 0.3 is 0 Å². The van der Waals surface area contributed by atoms with Crippen LogP contribution in [0, 0.1) is 0 Å². The van der Waals surface area contributed by atoms with E-state index in [0.717, 1.165) is 19.5 Å². The average molecular weight is 292 g/mol.